The second-order valence-electron chi connectivity index (χ2n) is 7.49. The van der Waals surface area contributed by atoms with Crippen molar-refractivity contribution < 1.29 is 14.0 Å². The molecule has 2 amide bonds. The van der Waals surface area contributed by atoms with E-state index >= 15 is 0 Å². The number of carbonyl (C=O) groups is 2. The normalized spacial score (nSPS) is 17.0. The van der Waals surface area contributed by atoms with Gasteiger partial charge in [0.2, 0.25) is 5.91 Å². The van der Waals surface area contributed by atoms with Crippen molar-refractivity contribution in [3.05, 3.63) is 54.1 Å². The number of hydrogen-bond acceptors (Lipinski definition) is 5. The summed E-state index contributed by atoms with van der Waals surface area (Å²) in [6.07, 6.45) is 8.37. The highest BCUT2D eigenvalue weighted by atomic mass is 16.4. The van der Waals surface area contributed by atoms with Gasteiger partial charge in [-0.2, -0.15) is 0 Å². The number of carbonyl (C=O) groups excluding carboxylic acids is 2. The lowest BCUT2D eigenvalue weighted by Crippen LogP contribution is -2.33. The predicted octanol–water partition coefficient (Wildman–Crippen LogP) is 2.95. The van der Waals surface area contributed by atoms with Gasteiger partial charge in [0, 0.05) is 50.7 Å². The molecule has 1 aliphatic heterocycles. The Morgan fingerprint density at radius 3 is 2.73 bits per heavy atom. The molecule has 0 spiro atoms. The van der Waals surface area contributed by atoms with Crippen molar-refractivity contribution >= 4 is 28.7 Å². The molecule has 0 radical (unpaired) electrons. The van der Waals surface area contributed by atoms with E-state index in [-0.39, 0.29) is 23.7 Å². The molecule has 156 valence electrons. The van der Waals surface area contributed by atoms with E-state index < -0.39 is 0 Å². The number of aromatic nitrogens is 3. The third-order valence-corrected chi connectivity index (χ3v) is 5.38. The highest BCUT2D eigenvalue weighted by Gasteiger charge is 2.25. The molecule has 0 unspecified atom stereocenters. The summed E-state index contributed by atoms with van der Waals surface area (Å²) in [7, 11) is 3.71. The zero-order valence-corrected chi connectivity index (χ0v) is 17.2. The first-order valence-electron chi connectivity index (χ1n) is 10.1. The second kappa shape index (κ2) is 8.52. The van der Waals surface area contributed by atoms with E-state index in [2.05, 4.69) is 33.1 Å². The molecule has 3 aromatic rings. The Morgan fingerprint density at radius 1 is 1.07 bits per heavy atom. The van der Waals surface area contributed by atoms with E-state index in [4.69, 9.17) is 4.42 Å². The highest BCUT2D eigenvalue weighted by Crippen LogP contribution is 2.23. The predicted molar refractivity (Wildman–Crippen MR) is 113 cm³/mol. The van der Waals surface area contributed by atoms with Gasteiger partial charge in [0.05, 0.1) is 0 Å². The number of fused-ring (bicyclic) bond motifs is 3. The average molecular weight is 407 g/mol. The molecule has 1 aliphatic rings. The van der Waals surface area contributed by atoms with Crippen LogP contribution in [-0.2, 0) is 18.3 Å². The van der Waals surface area contributed by atoms with Crippen LogP contribution in [-0.4, -0.2) is 51.6 Å². The summed E-state index contributed by atoms with van der Waals surface area (Å²) in [4.78, 5) is 28.4. The maximum absolute atomic E-state index is 12.9. The maximum atomic E-state index is 12.9. The van der Waals surface area contributed by atoms with E-state index in [0.717, 1.165) is 16.5 Å². The summed E-state index contributed by atoms with van der Waals surface area (Å²) >= 11 is 0. The summed E-state index contributed by atoms with van der Waals surface area (Å²) in [6, 6.07) is 8.24. The minimum atomic E-state index is -0.345. The average Bonchev–Trinajstić information content (AvgIpc) is 3.35. The fourth-order valence-corrected chi connectivity index (χ4v) is 3.71. The van der Waals surface area contributed by atoms with E-state index in [9.17, 15) is 9.59 Å². The van der Waals surface area contributed by atoms with E-state index in [1.54, 1.807) is 11.9 Å². The van der Waals surface area contributed by atoms with Crippen molar-refractivity contribution in [2.75, 3.05) is 25.0 Å². The minimum Gasteiger partial charge on any atom is -0.398 e. The van der Waals surface area contributed by atoms with Crippen molar-refractivity contribution in [2.24, 2.45) is 7.05 Å². The molecule has 0 atom stereocenters. The standard InChI is InChI=1S/C22H25N5O3/c1-25-13-8-4-3-5-11-19(28)27(22-24-23-20(30-22)21(25)29)14-12-16-15-26(2)18-10-7-6-9-17(16)18/h3-4,6-7,9-10,15H,5,8,11-14H2,1-2H3/b4-3+. The molecule has 0 aliphatic carbocycles. The SMILES string of the molecule is CN1CC/C=C/CCC(=O)N(CCc2cn(C)c3ccccc23)c2nnc(o2)C1=O. The molecular weight excluding hydrogens is 382 g/mol. The van der Waals surface area contributed by atoms with Gasteiger partial charge in [-0.3, -0.25) is 14.5 Å². The van der Waals surface area contributed by atoms with Gasteiger partial charge in [0.1, 0.15) is 0 Å². The monoisotopic (exact) mass is 407 g/mol. The summed E-state index contributed by atoms with van der Waals surface area (Å²) in [5.41, 5.74) is 2.28. The summed E-state index contributed by atoms with van der Waals surface area (Å²) in [6.45, 7) is 0.938. The van der Waals surface area contributed by atoms with Gasteiger partial charge in [-0.1, -0.05) is 35.4 Å². The number of allylic oxidation sites excluding steroid dienone is 1. The van der Waals surface area contributed by atoms with Gasteiger partial charge in [-0.25, -0.2) is 0 Å². The largest absolute Gasteiger partial charge is 0.398 e. The lowest BCUT2D eigenvalue weighted by molar-refractivity contribution is -0.118. The zero-order chi connectivity index (χ0) is 21.1. The third kappa shape index (κ3) is 3.98. The van der Waals surface area contributed by atoms with Crippen LogP contribution in [0.25, 0.3) is 10.9 Å². The molecule has 30 heavy (non-hydrogen) atoms. The van der Waals surface area contributed by atoms with Crippen molar-refractivity contribution in [2.45, 2.75) is 25.7 Å². The number of anilines is 1. The first-order chi connectivity index (χ1) is 14.5. The van der Waals surface area contributed by atoms with Crippen LogP contribution < -0.4 is 4.90 Å². The Hall–Kier alpha value is -3.42. The lowest BCUT2D eigenvalue weighted by Gasteiger charge is -2.18. The summed E-state index contributed by atoms with van der Waals surface area (Å²) in [5, 5.41) is 9.04. The Morgan fingerprint density at radius 2 is 1.87 bits per heavy atom. The van der Waals surface area contributed by atoms with Gasteiger partial charge in [0.15, 0.2) is 0 Å². The highest BCUT2D eigenvalue weighted by molar-refractivity contribution is 5.93. The molecule has 0 N–H and O–H groups in total. The fourth-order valence-electron chi connectivity index (χ4n) is 3.71. The Balaban J connectivity index is 1.61. The van der Waals surface area contributed by atoms with Crippen LogP contribution in [0.5, 0.6) is 0 Å². The number of rotatable bonds is 3. The van der Waals surface area contributed by atoms with Gasteiger partial charge < -0.3 is 13.9 Å². The maximum Gasteiger partial charge on any atom is 0.325 e. The van der Waals surface area contributed by atoms with Crippen LogP contribution in [0.3, 0.4) is 0 Å². The molecule has 2 aromatic heterocycles. The fraction of sp³-hybridized carbons (Fsp3) is 0.364. The molecule has 0 saturated heterocycles. The van der Waals surface area contributed by atoms with E-state index in [0.29, 0.717) is 38.8 Å². The number of benzene rings is 1. The van der Waals surface area contributed by atoms with E-state index in [1.165, 1.54) is 4.90 Å². The van der Waals surface area contributed by atoms with Gasteiger partial charge >= 0.3 is 17.8 Å². The van der Waals surface area contributed by atoms with Gasteiger partial charge in [-0.05, 0) is 30.9 Å². The molecule has 3 heterocycles. The minimum absolute atomic E-state index is 0.0696. The number of aryl methyl sites for hydroxylation is 1. The number of nitrogens with zero attached hydrogens (tertiary/aromatic N) is 5. The molecule has 0 fully saturated rings. The van der Waals surface area contributed by atoms with E-state index in [1.807, 2.05) is 31.3 Å². The Kier molecular flexibility index (Phi) is 5.65. The Labute approximate surface area is 174 Å². The van der Waals surface area contributed by atoms with Crippen LogP contribution in [0, 0.1) is 0 Å². The molecule has 8 nitrogen and oxygen atoms in total. The van der Waals surface area contributed by atoms with Gasteiger partial charge in [-0.15, -0.1) is 5.10 Å². The van der Waals surface area contributed by atoms with Crippen molar-refractivity contribution in [3.8, 4) is 0 Å². The quantitative estimate of drug-likeness (QED) is 0.623. The third-order valence-electron chi connectivity index (χ3n) is 5.38. The van der Waals surface area contributed by atoms with Crippen molar-refractivity contribution in [3.63, 3.8) is 0 Å². The Bertz CT molecular complexity index is 1100. The summed E-state index contributed by atoms with van der Waals surface area (Å²) in [5.74, 6) is -0.545. The molecule has 1 aromatic carbocycles. The van der Waals surface area contributed by atoms with Crippen molar-refractivity contribution in [1.82, 2.24) is 19.7 Å². The number of para-hydroxylation sites is 1. The van der Waals surface area contributed by atoms with Crippen LogP contribution >= 0.6 is 0 Å². The first kappa shape index (κ1) is 19.9. The lowest BCUT2D eigenvalue weighted by atomic mass is 10.1. The topological polar surface area (TPSA) is 84.5 Å². The summed E-state index contributed by atoms with van der Waals surface area (Å²) < 4.78 is 7.69. The molecular formula is C22H25N5O3. The van der Waals surface area contributed by atoms with Gasteiger partial charge in [0.25, 0.3) is 0 Å². The molecule has 4 rings (SSSR count). The van der Waals surface area contributed by atoms with Crippen LogP contribution in [0.2, 0.25) is 0 Å². The molecule has 8 heteroatoms. The van der Waals surface area contributed by atoms with Crippen molar-refractivity contribution in [1.29, 1.82) is 0 Å². The van der Waals surface area contributed by atoms with Crippen LogP contribution in [0.4, 0.5) is 6.01 Å². The number of amides is 2. The number of hydrogen-bond donors (Lipinski definition) is 0. The van der Waals surface area contributed by atoms with Crippen LogP contribution in [0.1, 0.15) is 35.5 Å². The molecule has 0 saturated carbocycles. The second-order valence-corrected chi connectivity index (χ2v) is 7.49. The first-order valence-corrected chi connectivity index (χ1v) is 10.1. The van der Waals surface area contributed by atoms with Crippen LogP contribution in [0.15, 0.2) is 47.0 Å². The smallest absolute Gasteiger partial charge is 0.325 e. The zero-order valence-electron chi connectivity index (χ0n) is 17.2. The molecule has 2 bridgehead atoms.